The zero-order chi connectivity index (χ0) is 42.0. The third kappa shape index (κ3) is 8.72. The molecule has 0 bridgehead atoms. The van der Waals surface area contributed by atoms with E-state index in [-0.39, 0.29) is 47.4 Å². The number of anilines is 2. The summed E-state index contributed by atoms with van der Waals surface area (Å²) in [5, 5.41) is 19.8. The van der Waals surface area contributed by atoms with Gasteiger partial charge in [-0.15, -0.1) is 0 Å². The number of para-hydroxylation sites is 1. The lowest BCUT2D eigenvalue weighted by atomic mass is 9.58. The van der Waals surface area contributed by atoms with Crippen molar-refractivity contribution in [2.75, 3.05) is 50.6 Å². The Morgan fingerprint density at radius 2 is 1.64 bits per heavy atom. The van der Waals surface area contributed by atoms with Gasteiger partial charge in [0.15, 0.2) is 0 Å². The second-order valence-electron chi connectivity index (χ2n) is 16.1. The van der Waals surface area contributed by atoms with Gasteiger partial charge in [-0.1, -0.05) is 25.1 Å². The van der Waals surface area contributed by atoms with Crippen LogP contribution in [0.3, 0.4) is 0 Å². The van der Waals surface area contributed by atoms with Crippen LogP contribution in [0.1, 0.15) is 98.7 Å². The van der Waals surface area contributed by atoms with Gasteiger partial charge in [-0.3, -0.25) is 19.1 Å². The summed E-state index contributed by atoms with van der Waals surface area (Å²) in [4.78, 5) is 49.6. The quantitative estimate of drug-likeness (QED) is 0.0895. The lowest BCUT2D eigenvalue weighted by Crippen LogP contribution is -2.51. The highest BCUT2D eigenvalue weighted by atomic mass is 16.2. The molecule has 17 heteroatoms. The standard InChI is InChI=1S/C41H51B2N11O3.CH4O/c1-3-32-37-28(23-46-54(37)26-16-20-53(21-17-26)41(42,43)33-11-7-10-30(49-33)40(57)52-18-4-5-19-52)27-8-6-9-29(36(27)51(32)2)48-31(35(45)39(56)47-25-14-15-25)22-34(44)50-38(55)24-12-13-24;1-2/h6-11,22-26,32,48H,3-5,12-21,44-45H2,1-2H3,(H,47,56)(H,50,55);2H,1H3/b34-22+,35-31+;. The number of rotatable bonds is 12. The number of nitrogens with two attached hydrogens (primary N) is 2. The molecule has 1 unspecified atom stereocenters. The second kappa shape index (κ2) is 17.5. The SMILES string of the molecule is CO.[B]C([B])(c1cccc(C(=O)N2CCCC2)n1)N1CCC(n2ncc3c2C(CC)N(C)c2c(NC(/C=C(\N)NC(=O)C4CC4)=C(/N)C(=O)NC4CC4)cccc2-3)CC1. The van der Waals surface area contributed by atoms with Crippen molar-refractivity contribution in [1.82, 2.24) is 35.2 Å². The van der Waals surface area contributed by atoms with Crippen LogP contribution >= 0.6 is 0 Å². The van der Waals surface area contributed by atoms with E-state index in [1.165, 1.54) is 6.08 Å². The van der Waals surface area contributed by atoms with Gasteiger partial charge in [0.2, 0.25) is 5.91 Å². The molecule has 2 saturated heterocycles. The van der Waals surface area contributed by atoms with Gasteiger partial charge in [0.05, 0.1) is 56.7 Å². The maximum Gasteiger partial charge on any atom is 0.272 e. The predicted molar refractivity (Wildman–Crippen MR) is 229 cm³/mol. The van der Waals surface area contributed by atoms with Gasteiger partial charge in [0, 0.05) is 62.1 Å². The number of allylic oxidation sites excluding steroid dienone is 1. The molecule has 8 rings (SSSR count). The lowest BCUT2D eigenvalue weighted by molar-refractivity contribution is -0.121. The van der Waals surface area contributed by atoms with E-state index in [1.807, 2.05) is 34.2 Å². The van der Waals surface area contributed by atoms with Crippen molar-refractivity contribution >= 4 is 44.8 Å². The summed E-state index contributed by atoms with van der Waals surface area (Å²) in [6, 6.07) is 11.5. The fourth-order valence-corrected chi connectivity index (χ4v) is 8.47. The van der Waals surface area contributed by atoms with E-state index in [0.29, 0.717) is 30.2 Å². The summed E-state index contributed by atoms with van der Waals surface area (Å²) in [5.74, 6) is -0.547. The molecule has 0 spiro atoms. The molecular formula is C42H55B2N11O4. The molecule has 8 N–H and O–H groups in total. The Hall–Kier alpha value is -5.28. The molecule has 4 radical (unpaired) electrons. The van der Waals surface area contributed by atoms with Crippen LogP contribution in [0.5, 0.6) is 0 Å². The van der Waals surface area contributed by atoms with Crippen molar-refractivity contribution in [2.24, 2.45) is 17.4 Å². The van der Waals surface area contributed by atoms with Crippen LogP contribution in [0.25, 0.3) is 11.1 Å². The first-order chi connectivity index (χ1) is 28.4. The van der Waals surface area contributed by atoms with E-state index in [9.17, 15) is 14.4 Å². The van der Waals surface area contributed by atoms with Gasteiger partial charge < -0.3 is 47.2 Å². The maximum atomic E-state index is 13.2. The Kier molecular flexibility index (Phi) is 12.4. The number of hydrogen-bond acceptors (Lipinski definition) is 11. The molecule has 5 heterocycles. The number of nitrogens with zero attached hydrogens (tertiary/aromatic N) is 6. The largest absolute Gasteiger partial charge is 0.400 e. The number of piperidine rings is 1. The Morgan fingerprint density at radius 3 is 2.31 bits per heavy atom. The summed E-state index contributed by atoms with van der Waals surface area (Å²) in [7, 11) is 16.7. The minimum absolute atomic E-state index is 0.0134. The number of nitrogens with one attached hydrogen (secondary N) is 3. The first kappa shape index (κ1) is 41.9. The highest BCUT2D eigenvalue weighted by Crippen LogP contribution is 2.50. The molecule has 2 saturated carbocycles. The topological polar surface area (TPSA) is 200 Å². The number of aliphatic hydroxyl groups is 1. The highest BCUT2D eigenvalue weighted by Gasteiger charge is 2.38. The number of fused-ring (bicyclic) bond motifs is 3. The molecule has 2 aliphatic carbocycles. The van der Waals surface area contributed by atoms with Crippen molar-refractivity contribution < 1.29 is 19.5 Å². The first-order valence-electron chi connectivity index (χ1n) is 20.8. The van der Waals surface area contributed by atoms with Crippen LogP contribution in [-0.2, 0) is 14.9 Å². The number of likely N-dealkylation sites (tertiary alicyclic amines) is 2. The average molecular weight is 800 g/mol. The molecule has 3 aliphatic heterocycles. The molecule has 1 aromatic carbocycles. The number of amides is 3. The van der Waals surface area contributed by atoms with Crippen molar-refractivity contribution in [1.29, 1.82) is 0 Å². The normalized spacial score (nSPS) is 20.1. The average Bonchev–Trinajstić information content (AvgIpc) is 4.17. The van der Waals surface area contributed by atoms with Crippen molar-refractivity contribution in [3.63, 3.8) is 0 Å². The van der Waals surface area contributed by atoms with Crippen molar-refractivity contribution in [3.05, 3.63) is 83.0 Å². The third-order valence-electron chi connectivity index (χ3n) is 12.0. The minimum Gasteiger partial charge on any atom is -0.400 e. The summed E-state index contributed by atoms with van der Waals surface area (Å²) in [6.07, 6.45) is 11.3. The molecule has 59 heavy (non-hydrogen) atoms. The molecule has 308 valence electrons. The molecule has 3 aromatic rings. The molecule has 2 aromatic heterocycles. The van der Waals surface area contributed by atoms with E-state index in [4.69, 9.17) is 37.4 Å². The molecule has 15 nitrogen and oxygen atoms in total. The van der Waals surface area contributed by atoms with Gasteiger partial charge >= 0.3 is 0 Å². The van der Waals surface area contributed by atoms with Crippen LogP contribution in [-0.4, -0.2) is 109 Å². The van der Waals surface area contributed by atoms with Gasteiger partial charge in [-0.05, 0) is 94.4 Å². The van der Waals surface area contributed by atoms with E-state index >= 15 is 0 Å². The van der Waals surface area contributed by atoms with E-state index in [2.05, 4.69) is 50.6 Å². The zero-order valence-electron chi connectivity index (χ0n) is 34.3. The Bertz CT molecular complexity index is 2120. The number of carbonyl (C=O) groups is 3. The van der Waals surface area contributed by atoms with Gasteiger partial charge in [-0.2, -0.15) is 5.10 Å². The lowest BCUT2D eigenvalue weighted by Gasteiger charge is -2.44. The molecule has 5 aliphatic rings. The Balaban J connectivity index is 0.00000260. The maximum absolute atomic E-state index is 13.2. The summed E-state index contributed by atoms with van der Waals surface area (Å²) < 4.78 is 2.18. The highest BCUT2D eigenvalue weighted by molar-refractivity contribution is 6.39. The fourth-order valence-electron chi connectivity index (χ4n) is 8.47. The minimum atomic E-state index is -1.34. The molecular weight excluding hydrogens is 744 g/mol. The van der Waals surface area contributed by atoms with Gasteiger partial charge in [-0.25, -0.2) is 4.98 Å². The van der Waals surface area contributed by atoms with Gasteiger partial charge in [0.1, 0.15) is 17.2 Å². The van der Waals surface area contributed by atoms with Crippen molar-refractivity contribution in [2.45, 2.75) is 88.2 Å². The fraction of sp³-hybridized carbons (Fsp3) is 0.500. The smallest absolute Gasteiger partial charge is 0.272 e. The number of carbonyl (C=O) groups excluding carboxylic acids is 3. The van der Waals surface area contributed by atoms with Crippen LogP contribution in [0.2, 0.25) is 0 Å². The van der Waals surface area contributed by atoms with Crippen LogP contribution in [0.15, 0.2) is 65.9 Å². The first-order valence-corrected chi connectivity index (χ1v) is 20.8. The van der Waals surface area contributed by atoms with Crippen LogP contribution < -0.4 is 32.3 Å². The Labute approximate surface area is 348 Å². The van der Waals surface area contributed by atoms with E-state index < -0.39 is 11.2 Å². The number of aromatic nitrogens is 3. The molecule has 1 atom stereocenters. The van der Waals surface area contributed by atoms with Gasteiger partial charge in [0.25, 0.3) is 11.8 Å². The monoisotopic (exact) mass is 799 g/mol. The van der Waals surface area contributed by atoms with E-state index in [0.717, 1.165) is 106 Å². The number of pyridine rings is 1. The third-order valence-corrected chi connectivity index (χ3v) is 12.0. The van der Waals surface area contributed by atoms with Crippen LogP contribution in [0, 0.1) is 5.92 Å². The number of aliphatic hydroxyl groups excluding tert-OH is 1. The van der Waals surface area contributed by atoms with Crippen molar-refractivity contribution in [3.8, 4) is 11.1 Å². The summed E-state index contributed by atoms with van der Waals surface area (Å²) in [6.45, 7) is 4.90. The number of benzene rings is 1. The second-order valence-corrected chi connectivity index (χ2v) is 16.1. The summed E-state index contributed by atoms with van der Waals surface area (Å²) in [5.41, 5.74) is 18.7. The predicted octanol–water partition coefficient (Wildman–Crippen LogP) is 2.66. The van der Waals surface area contributed by atoms with Crippen LogP contribution in [0.4, 0.5) is 11.4 Å². The number of hydrogen-bond donors (Lipinski definition) is 6. The zero-order valence-corrected chi connectivity index (χ0v) is 34.3. The molecule has 4 fully saturated rings. The Morgan fingerprint density at radius 1 is 0.949 bits per heavy atom. The summed E-state index contributed by atoms with van der Waals surface area (Å²) >= 11 is 0. The molecule has 3 amide bonds. The van der Waals surface area contributed by atoms with E-state index in [1.54, 1.807) is 12.1 Å².